The van der Waals surface area contributed by atoms with Gasteiger partial charge in [-0.1, -0.05) is 18.2 Å². The van der Waals surface area contributed by atoms with Crippen LogP contribution in [0.2, 0.25) is 0 Å². The van der Waals surface area contributed by atoms with Gasteiger partial charge in [0, 0.05) is 28.9 Å². The molecule has 0 saturated heterocycles. The Hall–Kier alpha value is -2.50. The monoisotopic (exact) mass is 375 g/mol. The maximum absolute atomic E-state index is 5.49. The predicted octanol–water partition coefficient (Wildman–Crippen LogP) is 3.89. The number of rotatable bonds is 1. The fourth-order valence-electron chi connectivity index (χ4n) is 3.28. The van der Waals surface area contributed by atoms with Gasteiger partial charge < -0.3 is 16.0 Å². The number of aliphatic imine (C=N–C) groups is 1. The van der Waals surface area contributed by atoms with E-state index in [0.29, 0.717) is 0 Å². The molecule has 2 aliphatic heterocycles. The highest BCUT2D eigenvalue weighted by Crippen LogP contribution is 2.39. The zero-order valence-electron chi connectivity index (χ0n) is 13.9. The van der Waals surface area contributed by atoms with Gasteiger partial charge in [-0.3, -0.25) is 0 Å². The third-order valence-electron chi connectivity index (χ3n) is 4.32. The van der Waals surface area contributed by atoms with Gasteiger partial charge in [0.15, 0.2) is 5.96 Å². The number of hydrogen-bond acceptors (Lipinski definition) is 2. The normalized spacial score (nSPS) is 10.5. The van der Waals surface area contributed by atoms with Gasteiger partial charge in [0.2, 0.25) is 0 Å². The summed E-state index contributed by atoms with van der Waals surface area (Å²) in [6, 6.07) is 14.2. The Morgan fingerprint density at radius 1 is 1.04 bits per heavy atom. The van der Waals surface area contributed by atoms with Crippen LogP contribution < -0.4 is 11.5 Å². The average Bonchev–Trinajstić information content (AvgIpc) is 2.91. The number of nitrogens with zero attached hydrogens (tertiary/aromatic N) is 3. The van der Waals surface area contributed by atoms with Crippen LogP contribution in [-0.2, 0) is 7.05 Å². The fraction of sp³-hybridized carbons (Fsp3) is 0.111. The summed E-state index contributed by atoms with van der Waals surface area (Å²) in [5.41, 5.74) is 16.2. The standard InChI is InChI=1S/C18H17N5.2ClH/c1-10-12-5-3-4-6-15(12)23(2)17-16(10)13-9-11(21-18(19)20)7-8-14(13)22-17;;/h3-9H,1-2H3,(H4,19,20,21);2*1H. The molecule has 7 heteroatoms. The molecule has 0 bridgehead atoms. The molecule has 2 heterocycles. The number of fused-ring (bicyclic) bond motifs is 4. The molecule has 5 nitrogen and oxygen atoms in total. The van der Waals surface area contributed by atoms with Crippen molar-refractivity contribution in [2.24, 2.45) is 23.5 Å². The van der Waals surface area contributed by atoms with Crippen molar-refractivity contribution in [1.29, 1.82) is 0 Å². The lowest BCUT2D eigenvalue weighted by molar-refractivity contribution is 0.936. The van der Waals surface area contributed by atoms with Gasteiger partial charge in [-0.2, -0.15) is 0 Å². The van der Waals surface area contributed by atoms with E-state index in [4.69, 9.17) is 16.5 Å². The Morgan fingerprint density at radius 2 is 1.76 bits per heavy atom. The second-order valence-electron chi connectivity index (χ2n) is 5.75. The second-order valence-corrected chi connectivity index (χ2v) is 5.75. The number of aromatic nitrogens is 2. The lowest BCUT2D eigenvalue weighted by atomic mass is 10.00. The molecule has 4 rings (SSSR count). The van der Waals surface area contributed by atoms with Crippen molar-refractivity contribution in [3.63, 3.8) is 0 Å². The first-order chi connectivity index (χ1) is 11.1. The van der Waals surface area contributed by atoms with Crippen LogP contribution in [0.4, 0.5) is 5.69 Å². The van der Waals surface area contributed by atoms with Crippen molar-refractivity contribution in [3.05, 3.63) is 48.0 Å². The molecule has 2 aliphatic rings. The van der Waals surface area contributed by atoms with Crippen molar-refractivity contribution in [3.8, 4) is 11.4 Å². The van der Waals surface area contributed by atoms with Crippen LogP contribution in [0.25, 0.3) is 33.2 Å². The first-order valence-corrected chi connectivity index (χ1v) is 7.43. The quantitative estimate of drug-likeness (QED) is 0.391. The Labute approximate surface area is 157 Å². The fourth-order valence-corrected chi connectivity index (χ4v) is 3.28. The number of aryl methyl sites for hydroxylation is 2. The van der Waals surface area contributed by atoms with Crippen LogP contribution in [-0.4, -0.2) is 15.5 Å². The van der Waals surface area contributed by atoms with Gasteiger partial charge in [-0.05, 0) is 36.8 Å². The summed E-state index contributed by atoms with van der Waals surface area (Å²) in [6.07, 6.45) is 0. The van der Waals surface area contributed by atoms with Gasteiger partial charge in [-0.25, -0.2) is 9.98 Å². The summed E-state index contributed by atoms with van der Waals surface area (Å²) in [5.74, 6) is 1.03. The topological polar surface area (TPSA) is 82.2 Å². The van der Waals surface area contributed by atoms with E-state index in [0.717, 1.165) is 28.0 Å². The van der Waals surface area contributed by atoms with E-state index in [1.165, 1.54) is 16.5 Å². The molecule has 0 fully saturated rings. The lowest BCUT2D eigenvalue weighted by Gasteiger charge is -2.15. The van der Waals surface area contributed by atoms with Gasteiger partial charge in [0.05, 0.1) is 11.2 Å². The highest BCUT2D eigenvalue weighted by atomic mass is 35.5. The Kier molecular flexibility index (Phi) is 5.11. The van der Waals surface area contributed by atoms with Gasteiger partial charge in [-0.15, -0.1) is 24.8 Å². The molecule has 130 valence electrons. The van der Waals surface area contributed by atoms with Crippen LogP contribution in [0.15, 0.2) is 47.5 Å². The second kappa shape index (κ2) is 6.78. The number of halogens is 2. The summed E-state index contributed by atoms with van der Waals surface area (Å²) in [7, 11) is 2.05. The third kappa shape index (κ3) is 2.86. The highest BCUT2D eigenvalue weighted by Gasteiger charge is 2.20. The van der Waals surface area contributed by atoms with E-state index < -0.39 is 0 Å². The molecular formula is C18H19Cl2N5. The van der Waals surface area contributed by atoms with Crippen molar-refractivity contribution >= 4 is 58.3 Å². The number of para-hydroxylation sites is 1. The first kappa shape index (κ1) is 18.8. The number of pyridine rings is 1. The minimum Gasteiger partial charge on any atom is -0.370 e. The Bertz CT molecular complexity index is 1060. The molecule has 0 atom stereocenters. The van der Waals surface area contributed by atoms with Gasteiger partial charge >= 0.3 is 0 Å². The molecule has 0 aromatic heterocycles. The summed E-state index contributed by atoms with van der Waals surface area (Å²) >= 11 is 0. The van der Waals surface area contributed by atoms with Gasteiger partial charge in [0.25, 0.3) is 0 Å². The average molecular weight is 376 g/mol. The molecule has 0 amide bonds. The molecule has 0 spiro atoms. The maximum atomic E-state index is 5.49. The molecule has 0 aliphatic carbocycles. The molecular weight excluding hydrogens is 357 g/mol. The van der Waals surface area contributed by atoms with Crippen LogP contribution in [0, 0.1) is 6.92 Å². The number of benzene rings is 2. The minimum atomic E-state index is 0. The number of guanidine groups is 1. The summed E-state index contributed by atoms with van der Waals surface area (Å²) in [4.78, 5) is 8.95. The van der Waals surface area contributed by atoms with E-state index in [9.17, 15) is 0 Å². The number of nitrogens with two attached hydrogens (primary N) is 2. The van der Waals surface area contributed by atoms with E-state index in [-0.39, 0.29) is 30.8 Å². The smallest absolute Gasteiger partial charge is 0.191 e. The van der Waals surface area contributed by atoms with Crippen LogP contribution >= 0.6 is 24.8 Å². The van der Waals surface area contributed by atoms with E-state index in [2.05, 4.69) is 34.7 Å². The van der Waals surface area contributed by atoms with E-state index >= 15 is 0 Å². The van der Waals surface area contributed by atoms with Crippen molar-refractivity contribution in [1.82, 2.24) is 9.55 Å². The van der Waals surface area contributed by atoms with Crippen molar-refractivity contribution < 1.29 is 0 Å². The molecule has 25 heavy (non-hydrogen) atoms. The van der Waals surface area contributed by atoms with Crippen LogP contribution in [0.3, 0.4) is 0 Å². The zero-order chi connectivity index (χ0) is 16.1. The minimum absolute atomic E-state index is 0. The van der Waals surface area contributed by atoms with Crippen molar-refractivity contribution in [2.45, 2.75) is 6.92 Å². The Balaban J connectivity index is 0.00000113. The largest absolute Gasteiger partial charge is 0.370 e. The summed E-state index contributed by atoms with van der Waals surface area (Å²) < 4.78 is 2.14. The SMILES string of the molecule is Cc1c2c3cc(N=C(N)N)ccc3nc-2n(C)c2ccccc12.Cl.Cl. The first-order valence-electron chi connectivity index (χ1n) is 7.43. The van der Waals surface area contributed by atoms with Crippen LogP contribution in [0.5, 0.6) is 0 Å². The zero-order valence-corrected chi connectivity index (χ0v) is 15.5. The molecule has 2 aromatic carbocycles. The molecule has 0 saturated carbocycles. The Morgan fingerprint density at radius 3 is 2.48 bits per heavy atom. The number of hydrogen-bond donors (Lipinski definition) is 2. The molecule has 0 unspecified atom stereocenters. The molecule has 0 radical (unpaired) electrons. The maximum Gasteiger partial charge on any atom is 0.191 e. The van der Waals surface area contributed by atoms with Crippen LogP contribution in [0.1, 0.15) is 5.56 Å². The predicted molar refractivity (Wildman–Crippen MR) is 110 cm³/mol. The molecule has 4 N–H and O–H groups in total. The van der Waals surface area contributed by atoms with Crippen molar-refractivity contribution in [2.75, 3.05) is 0 Å². The highest BCUT2D eigenvalue weighted by molar-refractivity contribution is 6.04. The van der Waals surface area contributed by atoms with Gasteiger partial charge in [0.1, 0.15) is 5.82 Å². The van der Waals surface area contributed by atoms with E-state index in [1.807, 2.05) is 31.3 Å². The summed E-state index contributed by atoms with van der Waals surface area (Å²) in [5, 5.41) is 2.30. The molecule has 2 aromatic rings. The summed E-state index contributed by atoms with van der Waals surface area (Å²) in [6.45, 7) is 2.14. The third-order valence-corrected chi connectivity index (χ3v) is 4.32. The lowest BCUT2D eigenvalue weighted by Crippen LogP contribution is -2.21. The van der Waals surface area contributed by atoms with E-state index in [1.54, 1.807) is 0 Å².